The minimum Gasteiger partial charge on any atom is -0.311 e. The van der Waals surface area contributed by atoms with Crippen molar-refractivity contribution < 1.29 is 0 Å². The van der Waals surface area contributed by atoms with Gasteiger partial charge in [-0.15, -0.1) is 11.3 Å². The van der Waals surface area contributed by atoms with Crippen LogP contribution in [0.4, 0.5) is 0 Å². The van der Waals surface area contributed by atoms with Crippen LogP contribution < -0.4 is 5.32 Å². The first-order valence-corrected chi connectivity index (χ1v) is 8.70. The molecule has 2 heterocycles. The number of aryl methyl sites for hydroxylation is 1. The van der Waals surface area contributed by atoms with Crippen LogP contribution in [0.5, 0.6) is 0 Å². The van der Waals surface area contributed by atoms with Gasteiger partial charge in [-0.1, -0.05) is 20.8 Å². The molecule has 1 aromatic rings. The van der Waals surface area contributed by atoms with Crippen molar-refractivity contribution in [3.8, 4) is 0 Å². The Labute approximate surface area is 126 Å². The van der Waals surface area contributed by atoms with Crippen molar-refractivity contribution in [2.45, 2.75) is 59.2 Å². The van der Waals surface area contributed by atoms with E-state index in [0.717, 1.165) is 19.0 Å². The number of nitrogens with zero attached hydrogens (tertiary/aromatic N) is 2. The molecule has 0 radical (unpaired) electrons. The number of hydrogen-bond acceptors (Lipinski definition) is 4. The average Bonchev–Trinajstić information content (AvgIpc) is 3.13. The molecule has 1 N–H and O–H groups in total. The fourth-order valence-corrected chi connectivity index (χ4v) is 3.97. The van der Waals surface area contributed by atoms with Gasteiger partial charge in [0.25, 0.3) is 0 Å². The molecule has 0 amide bonds. The quantitative estimate of drug-likeness (QED) is 0.928. The Kier molecular flexibility index (Phi) is 3.91. The van der Waals surface area contributed by atoms with E-state index in [1.165, 1.54) is 30.1 Å². The monoisotopic (exact) mass is 293 g/mol. The minimum atomic E-state index is 0.312. The first kappa shape index (κ1) is 14.5. The van der Waals surface area contributed by atoms with Crippen molar-refractivity contribution in [3.63, 3.8) is 0 Å². The highest BCUT2D eigenvalue weighted by molar-refractivity contribution is 7.09. The van der Waals surface area contributed by atoms with Crippen LogP contribution in [0.2, 0.25) is 0 Å². The van der Waals surface area contributed by atoms with Gasteiger partial charge in [-0.2, -0.15) is 0 Å². The number of rotatable bonds is 3. The second kappa shape index (κ2) is 5.39. The second-order valence-electron chi connectivity index (χ2n) is 7.52. The molecule has 1 aliphatic carbocycles. The van der Waals surface area contributed by atoms with Gasteiger partial charge < -0.3 is 5.32 Å². The van der Waals surface area contributed by atoms with Crippen molar-refractivity contribution >= 4 is 11.3 Å². The van der Waals surface area contributed by atoms with Gasteiger partial charge in [-0.25, -0.2) is 4.98 Å². The summed E-state index contributed by atoms with van der Waals surface area (Å²) < 4.78 is 0. The van der Waals surface area contributed by atoms with Crippen LogP contribution in [-0.2, 0) is 6.54 Å². The summed E-state index contributed by atoms with van der Waals surface area (Å²) in [5.41, 5.74) is 1.56. The summed E-state index contributed by atoms with van der Waals surface area (Å²) in [5.74, 6) is 0.926. The minimum absolute atomic E-state index is 0.312. The number of piperazine rings is 1. The number of aromatic nitrogens is 1. The molecule has 0 bridgehead atoms. The molecule has 2 unspecified atom stereocenters. The van der Waals surface area contributed by atoms with Gasteiger partial charge in [0.05, 0.1) is 10.7 Å². The molecule has 1 saturated carbocycles. The fraction of sp³-hybridized carbons (Fsp3) is 0.812. The Hall–Kier alpha value is -0.450. The highest BCUT2D eigenvalue weighted by atomic mass is 32.1. The van der Waals surface area contributed by atoms with Crippen molar-refractivity contribution in [1.82, 2.24) is 15.2 Å². The lowest BCUT2D eigenvalue weighted by Crippen LogP contribution is -2.60. The van der Waals surface area contributed by atoms with Gasteiger partial charge in [-0.3, -0.25) is 4.90 Å². The molecule has 0 spiro atoms. The van der Waals surface area contributed by atoms with Crippen LogP contribution in [0.1, 0.15) is 44.3 Å². The predicted molar refractivity (Wildman–Crippen MR) is 85.0 cm³/mol. The van der Waals surface area contributed by atoms with E-state index < -0.39 is 0 Å². The third-order valence-corrected chi connectivity index (χ3v) is 5.49. The zero-order valence-corrected chi connectivity index (χ0v) is 14.0. The second-order valence-corrected chi connectivity index (χ2v) is 8.58. The highest BCUT2D eigenvalue weighted by Gasteiger charge is 2.40. The van der Waals surface area contributed by atoms with E-state index in [0.29, 0.717) is 17.5 Å². The summed E-state index contributed by atoms with van der Waals surface area (Å²) in [6.07, 6.45) is 2.84. The van der Waals surface area contributed by atoms with E-state index >= 15 is 0 Å². The van der Waals surface area contributed by atoms with Crippen LogP contribution in [0.25, 0.3) is 0 Å². The maximum Gasteiger partial charge on any atom is 0.0897 e. The molecule has 3 nitrogen and oxygen atoms in total. The van der Waals surface area contributed by atoms with E-state index in [-0.39, 0.29) is 0 Å². The van der Waals surface area contributed by atoms with Crippen LogP contribution in [0, 0.1) is 18.3 Å². The molecule has 0 aromatic carbocycles. The van der Waals surface area contributed by atoms with Crippen molar-refractivity contribution in [1.29, 1.82) is 0 Å². The summed E-state index contributed by atoms with van der Waals surface area (Å²) in [6.45, 7) is 12.5. The standard InChI is InChI=1S/C16H27N3S/c1-11-18-13(10-20-11)8-19-9-14(12-5-6-12)17-7-15(19)16(2,3)4/h10,12,14-15,17H,5-9H2,1-4H3. The third kappa shape index (κ3) is 3.23. The van der Waals surface area contributed by atoms with Crippen LogP contribution in [0.3, 0.4) is 0 Å². The van der Waals surface area contributed by atoms with Crippen molar-refractivity contribution in [2.75, 3.05) is 13.1 Å². The maximum absolute atomic E-state index is 4.66. The van der Waals surface area contributed by atoms with Gasteiger partial charge >= 0.3 is 0 Å². The molecule has 1 aliphatic heterocycles. The van der Waals surface area contributed by atoms with Gasteiger partial charge in [0.2, 0.25) is 0 Å². The molecule has 3 rings (SSSR count). The number of thiazole rings is 1. The van der Waals surface area contributed by atoms with Gasteiger partial charge in [0, 0.05) is 37.1 Å². The Balaban J connectivity index is 1.73. The van der Waals surface area contributed by atoms with Gasteiger partial charge in [-0.05, 0) is 31.1 Å². The summed E-state index contributed by atoms with van der Waals surface area (Å²) in [7, 11) is 0. The average molecular weight is 293 g/mol. The SMILES string of the molecule is Cc1nc(CN2CC(C3CC3)NCC2C(C)(C)C)cs1. The lowest BCUT2D eigenvalue weighted by Gasteiger charge is -2.46. The first-order chi connectivity index (χ1) is 9.43. The maximum atomic E-state index is 4.66. The number of hydrogen-bond donors (Lipinski definition) is 1. The summed E-state index contributed by atoms with van der Waals surface area (Å²) in [6, 6.07) is 1.30. The third-order valence-electron chi connectivity index (χ3n) is 4.67. The molecule has 1 aromatic heterocycles. The van der Waals surface area contributed by atoms with E-state index in [1.807, 2.05) is 0 Å². The van der Waals surface area contributed by atoms with E-state index in [1.54, 1.807) is 11.3 Å². The Morgan fingerprint density at radius 3 is 2.70 bits per heavy atom. The van der Waals surface area contributed by atoms with Crippen molar-refractivity contribution in [3.05, 3.63) is 16.1 Å². The Morgan fingerprint density at radius 1 is 1.40 bits per heavy atom. The highest BCUT2D eigenvalue weighted by Crippen LogP contribution is 2.36. The first-order valence-electron chi connectivity index (χ1n) is 7.82. The zero-order chi connectivity index (χ0) is 14.3. The molecule has 20 heavy (non-hydrogen) atoms. The summed E-state index contributed by atoms with van der Waals surface area (Å²) in [5, 5.41) is 7.21. The van der Waals surface area contributed by atoms with E-state index in [9.17, 15) is 0 Å². The lowest BCUT2D eigenvalue weighted by molar-refractivity contribution is 0.0441. The zero-order valence-electron chi connectivity index (χ0n) is 13.1. The Morgan fingerprint density at radius 2 is 2.15 bits per heavy atom. The van der Waals surface area contributed by atoms with Crippen LogP contribution in [-0.4, -0.2) is 35.1 Å². The van der Waals surface area contributed by atoms with Crippen LogP contribution in [0.15, 0.2) is 5.38 Å². The molecule has 112 valence electrons. The number of nitrogens with one attached hydrogen (secondary N) is 1. The van der Waals surface area contributed by atoms with E-state index in [2.05, 4.69) is 48.3 Å². The molecule has 4 heteroatoms. The van der Waals surface area contributed by atoms with Gasteiger partial charge in [0.15, 0.2) is 0 Å². The normalized spacial score (nSPS) is 28.8. The molecule has 2 aliphatic rings. The largest absolute Gasteiger partial charge is 0.311 e. The fourth-order valence-electron chi connectivity index (χ4n) is 3.37. The molecular weight excluding hydrogens is 266 g/mol. The van der Waals surface area contributed by atoms with Crippen molar-refractivity contribution in [2.24, 2.45) is 11.3 Å². The summed E-state index contributed by atoms with van der Waals surface area (Å²) in [4.78, 5) is 7.34. The van der Waals surface area contributed by atoms with Crippen LogP contribution >= 0.6 is 11.3 Å². The topological polar surface area (TPSA) is 28.2 Å². The lowest BCUT2D eigenvalue weighted by atomic mass is 9.83. The van der Waals surface area contributed by atoms with E-state index in [4.69, 9.17) is 0 Å². The Bertz CT molecular complexity index is 459. The van der Waals surface area contributed by atoms with Gasteiger partial charge in [0.1, 0.15) is 0 Å². The molecule has 2 fully saturated rings. The smallest absolute Gasteiger partial charge is 0.0897 e. The molecule has 2 atom stereocenters. The predicted octanol–water partition coefficient (Wildman–Crippen LogP) is 3.05. The summed E-state index contributed by atoms with van der Waals surface area (Å²) >= 11 is 1.77. The molecule has 1 saturated heterocycles. The molecular formula is C16H27N3S.